The van der Waals surface area contributed by atoms with Crippen molar-refractivity contribution >= 4 is 10.9 Å². The normalized spacial score (nSPS) is 11.0. The molecule has 0 amide bonds. The molecule has 0 saturated carbocycles. The van der Waals surface area contributed by atoms with Crippen LogP contribution in [-0.2, 0) is 0 Å². The van der Waals surface area contributed by atoms with Gasteiger partial charge < -0.3 is 0 Å². The molecule has 1 nitrogen and oxygen atoms in total. The molecule has 5 rings (SSSR count). The van der Waals surface area contributed by atoms with Crippen LogP contribution in [0.5, 0.6) is 0 Å². The summed E-state index contributed by atoms with van der Waals surface area (Å²) in [4.78, 5) is 4.48. The van der Waals surface area contributed by atoms with Crippen LogP contribution in [0.3, 0.4) is 0 Å². The van der Waals surface area contributed by atoms with E-state index in [0.717, 1.165) is 5.52 Å². The van der Waals surface area contributed by atoms with Crippen LogP contribution in [0.4, 0.5) is 0 Å². The highest BCUT2D eigenvalue weighted by atomic mass is 14.6. The van der Waals surface area contributed by atoms with Crippen molar-refractivity contribution in [2.24, 2.45) is 0 Å². The number of hydrogen-bond acceptors (Lipinski definition) is 1. The van der Waals surface area contributed by atoms with Crippen LogP contribution >= 0.6 is 0 Å². The highest BCUT2D eigenvalue weighted by Crippen LogP contribution is 2.30. The monoisotopic (exact) mass is 385 g/mol. The fourth-order valence-corrected chi connectivity index (χ4v) is 4.19. The Morgan fingerprint density at radius 3 is 1.67 bits per heavy atom. The molecule has 4 aromatic carbocycles. The minimum absolute atomic E-state index is 1.03. The van der Waals surface area contributed by atoms with Gasteiger partial charge in [-0.15, -0.1) is 0 Å². The molecule has 0 fully saturated rings. The molecule has 0 radical (unpaired) electrons. The highest BCUT2D eigenvalue weighted by molar-refractivity contribution is 5.94. The fraction of sp³-hybridized carbons (Fsp3) is 0.0690. The molecule has 0 spiro atoms. The Morgan fingerprint density at radius 1 is 0.500 bits per heavy atom. The largest absolute Gasteiger partial charge is 0.256 e. The van der Waals surface area contributed by atoms with Crippen molar-refractivity contribution < 1.29 is 0 Å². The van der Waals surface area contributed by atoms with Gasteiger partial charge in [-0.3, -0.25) is 4.98 Å². The molecule has 0 aliphatic rings. The molecule has 1 heterocycles. The summed E-state index contributed by atoms with van der Waals surface area (Å²) in [6, 6.07) is 34.8. The van der Waals surface area contributed by atoms with E-state index < -0.39 is 0 Å². The van der Waals surface area contributed by atoms with Gasteiger partial charge in [-0.05, 0) is 59.4 Å². The second kappa shape index (κ2) is 7.61. The van der Waals surface area contributed by atoms with Crippen LogP contribution in [0.15, 0.2) is 103 Å². The van der Waals surface area contributed by atoms with Gasteiger partial charge in [0.1, 0.15) is 0 Å². The van der Waals surface area contributed by atoms with Crippen LogP contribution in [0.2, 0.25) is 0 Å². The number of aromatic nitrogens is 1. The first-order valence-electron chi connectivity index (χ1n) is 10.3. The van der Waals surface area contributed by atoms with Crippen molar-refractivity contribution in [3.63, 3.8) is 0 Å². The third kappa shape index (κ3) is 3.51. The molecule has 5 aromatic rings. The molecule has 0 atom stereocenters. The van der Waals surface area contributed by atoms with Crippen molar-refractivity contribution in [1.82, 2.24) is 4.98 Å². The van der Waals surface area contributed by atoms with Gasteiger partial charge in [0, 0.05) is 11.6 Å². The zero-order chi connectivity index (χ0) is 20.5. The number of hydrogen-bond donors (Lipinski definition) is 0. The number of pyridine rings is 1. The van der Waals surface area contributed by atoms with Gasteiger partial charge in [0.25, 0.3) is 0 Å². The van der Waals surface area contributed by atoms with Gasteiger partial charge in [0.2, 0.25) is 0 Å². The minimum atomic E-state index is 1.03. The molecule has 0 aliphatic heterocycles. The van der Waals surface area contributed by atoms with Crippen LogP contribution in [0, 0.1) is 13.8 Å². The summed E-state index contributed by atoms with van der Waals surface area (Å²) in [6.45, 7) is 4.30. The van der Waals surface area contributed by atoms with E-state index in [1.54, 1.807) is 0 Å². The lowest BCUT2D eigenvalue weighted by Crippen LogP contribution is -1.85. The van der Waals surface area contributed by atoms with Crippen molar-refractivity contribution in [3.05, 3.63) is 114 Å². The first-order valence-corrected chi connectivity index (χ1v) is 10.3. The molecule has 1 aromatic heterocycles. The molecule has 0 unspecified atom stereocenters. The molecule has 30 heavy (non-hydrogen) atoms. The Kier molecular flexibility index (Phi) is 4.65. The Hall–Kier alpha value is -3.71. The SMILES string of the molecule is Cc1cc(C)cc(-c2ccc(-c3ccc(-c4ccnc5ccccc45)cc3)cc2)c1. The van der Waals surface area contributed by atoms with E-state index in [1.165, 1.54) is 49.9 Å². The van der Waals surface area contributed by atoms with E-state index in [2.05, 4.69) is 110 Å². The summed E-state index contributed by atoms with van der Waals surface area (Å²) in [6.07, 6.45) is 1.89. The molecular formula is C29H23N. The van der Waals surface area contributed by atoms with Crippen LogP contribution in [0.25, 0.3) is 44.3 Å². The lowest BCUT2D eigenvalue weighted by atomic mass is 9.96. The van der Waals surface area contributed by atoms with Crippen molar-refractivity contribution in [1.29, 1.82) is 0 Å². The van der Waals surface area contributed by atoms with Crippen molar-refractivity contribution in [3.8, 4) is 33.4 Å². The first kappa shape index (κ1) is 18.3. The van der Waals surface area contributed by atoms with E-state index in [9.17, 15) is 0 Å². The van der Waals surface area contributed by atoms with Gasteiger partial charge in [0.05, 0.1) is 5.52 Å². The Bertz CT molecular complexity index is 1300. The van der Waals surface area contributed by atoms with Crippen LogP contribution < -0.4 is 0 Å². The third-order valence-electron chi connectivity index (χ3n) is 5.62. The van der Waals surface area contributed by atoms with E-state index in [4.69, 9.17) is 0 Å². The molecule has 0 N–H and O–H groups in total. The van der Waals surface area contributed by atoms with Gasteiger partial charge in [-0.25, -0.2) is 0 Å². The topological polar surface area (TPSA) is 12.9 Å². The predicted octanol–water partition coefficient (Wildman–Crippen LogP) is 7.85. The number of nitrogens with zero attached hydrogens (tertiary/aromatic N) is 1. The molecular weight excluding hydrogens is 362 g/mol. The van der Waals surface area contributed by atoms with E-state index in [1.807, 2.05) is 12.3 Å². The van der Waals surface area contributed by atoms with Crippen molar-refractivity contribution in [2.45, 2.75) is 13.8 Å². The number of rotatable bonds is 3. The summed E-state index contributed by atoms with van der Waals surface area (Å²) in [7, 11) is 0. The molecule has 0 saturated heterocycles. The average molecular weight is 386 g/mol. The number of aryl methyl sites for hydroxylation is 2. The Balaban J connectivity index is 1.45. The van der Waals surface area contributed by atoms with Gasteiger partial charge in [-0.2, -0.15) is 0 Å². The summed E-state index contributed by atoms with van der Waals surface area (Å²) < 4.78 is 0. The average Bonchev–Trinajstić information content (AvgIpc) is 2.78. The summed E-state index contributed by atoms with van der Waals surface area (Å²) in [5, 5.41) is 1.19. The molecule has 0 aliphatic carbocycles. The summed E-state index contributed by atoms with van der Waals surface area (Å²) in [5.74, 6) is 0. The Labute approximate surface area is 177 Å². The lowest BCUT2D eigenvalue weighted by molar-refractivity contribution is 1.38. The number of para-hydroxylation sites is 1. The fourth-order valence-electron chi connectivity index (χ4n) is 4.19. The molecule has 0 bridgehead atoms. The van der Waals surface area contributed by atoms with Gasteiger partial charge in [0.15, 0.2) is 0 Å². The minimum Gasteiger partial charge on any atom is -0.256 e. The maximum atomic E-state index is 4.48. The number of benzene rings is 4. The summed E-state index contributed by atoms with van der Waals surface area (Å²) >= 11 is 0. The van der Waals surface area contributed by atoms with Crippen LogP contribution in [0.1, 0.15) is 11.1 Å². The van der Waals surface area contributed by atoms with E-state index in [0.29, 0.717) is 0 Å². The van der Waals surface area contributed by atoms with Gasteiger partial charge in [-0.1, -0.05) is 96.1 Å². The Morgan fingerprint density at radius 2 is 1.03 bits per heavy atom. The predicted molar refractivity (Wildman–Crippen MR) is 128 cm³/mol. The maximum Gasteiger partial charge on any atom is 0.0708 e. The van der Waals surface area contributed by atoms with Crippen LogP contribution in [-0.4, -0.2) is 4.98 Å². The van der Waals surface area contributed by atoms with E-state index >= 15 is 0 Å². The zero-order valence-corrected chi connectivity index (χ0v) is 17.3. The summed E-state index contributed by atoms with van der Waals surface area (Å²) in [5.41, 5.74) is 11.0. The highest BCUT2D eigenvalue weighted by Gasteiger charge is 2.06. The maximum absolute atomic E-state index is 4.48. The lowest BCUT2D eigenvalue weighted by Gasteiger charge is -2.09. The van der Waals surface area contributed by atoms with Gasteiger partial charge >= 0.3 is 0 Å². The second-order valence-corrected chi connectivity index (χ2v) is 7.91. The zero-order valence-electron chi connectivity index (χ0n) is 17.3. The smallest absolute Gasteiger partial charge is 0.0708 e. The third-order valence-corrected chi connectivity index (χ3v) is 5.62. The first-order chi connectivity index (χ1) is 14.7. The van der Waals surface area contributed by atoms with Crippen molar-refractivity contribution in [2.75, 3.05) is 0 Å². The second-order valence-electron chi connectivity index (χ2n) is 7.91. The molecule has 1 heteroatoms. The quantitative estimate of drug-likeness (QED) is 0.308. The molecule has 144 valence electrons. The number of fused-ring (bicyclic) bond motifs is 1. The van der Waals surface area contributed by atoms with E-state index in [-0.39, 0.29) is 0 Å². The standard InChI is InChI=1S/C29H23N/c1-20-17-21(2)19-26(18-20)24-9-7-22(8-10-24)23-11-13-25(14-12-23)27-15-16-30-29-6-4-3-5-28(27)29/h3-19H,1-2H3.